The molecule has 5 N–H and O–H groups in total. The zero-order valence-corrected chi connectivity index (χ0v) is 16.1. The van der Waals surface area contributed by atoms with Gasteiger partial charge in [-0.3, -0.25) is 9.69 Å². The van der Waals surface area contributed by atoms with Crippen LogP contribution in [0.4, 0.5) is 10.5 Å². The number of hydrogen-bond donors (Lipinski definition) is 4. The molecule has 1 fully saturated rings. The van der Waals surface area contributed by atoms with Crippen LogP contribution in [0.15, 0.2) is 12.1 Å². The molecule has 1 aromatic rings. The normalized spacial score (nSPS) is 20.1. The van der Waals surface area contributed by atoms with Crippen LogP contribution < -0.4 is 21.1 Å². The Morgan fingerprint density at radius 2 is 2.15 bits per heavy atom. The number of ether oxygens (including phenoxy) is 2. The molecule has 9 nitrogen and oxygen atoms in total. The second-order valence-corrected chi connectivity index (χ2v) is 6.66. The van der Waals surface area contributed by atoms with Gasteiger partial charge in [0.05, 0.1) is 35.5 Å². The minimum atomic E-state index is -1.04. The first-order valence-electron chi connectivity index (χ1n) is 8.51. The number of halogens is 1. The van der Waals surface area contributed by atoms with E-state index in [-0.39, 0.29) is 23.1 Å². The Morgan fingerprint density at radius 1 is 1.41 bits per heavy atom. The Balaban J connectivity index is 2.00. The number of carbonyl (C=O) groups excluding carboxylic acids is 1. The van der Waals surface area contributed by atoms with E-state index in [0.29, 0.717) is 49.6 Å². The standard InChI is InChI=1S/C17H25ClN4O5/c1-26-14-8-12(19)11(18)7-10(14)16(23)21-13-3-5-22(9-15(13)27-2)6-4-20-17(24)25/h7-8,13,15,20H,3-6,9,19H2,1-2H3,(H,21,23)(H,24,25)/t13-,15+/m1/s1. The van der Waals surface area contributed by atoms with Crippen LogP contribution in [-0.4, -0.2) is 74.6 Å². The van der Waals surface area contributed by atoms with Crippen molar-refractivity contribution in [1.82, 2.24) is 15.5 Å². The molecule has 150 valence electrons. The molecule has 10 heteroatoms. The summed E-state index contributed by atoms with van der Waals surface area (Å²) in [4.78, 5) is 25.3. The van der Waals surface area contributed by atoms with E-state index in [9.17, 15) is 9.59 Å². The molecule has 0 unspecified atom stereocenters. The van der Waals surface area contributed by atoms with E-state index < -0.39 is 6.09 Å². The summed E-state index contributed by atoms with van der Waals surface area (Å²) in [5.74, 6) is 0.0299. The van der Waals surface area contributed by atoms with Gasteiger partial charge in [-0.05, 0) is 12.5 Å². The maximum Gasteiger partial charge on any atom is 0.404 e. The van der Waals surface area contributed by atoms with Gasteiger partial charge in [-0.2, -0.15) is 0 Å². The van der Waals surface area contributed by atoms with Crippen LogP contribution in [-0.2, 0) is 4.74 Å². The predicted octanol–water partition coefficient (Wildman–Crippen LogP) is 1.02. The molecule has 0 spiro atoms. The molecule has 0 saturated carbocycles. The average Bonchev–Trinajstić information content (AvgIpc) is 2.64. The molecular formula is C17H25ClN4O5. The first-order chi connectivity index (χ1) is 12.8. The zero-order valence-electron chi connectivity index (χ0n) is 15.3. The van der Waals surface area contributed by atoms with Crippen LogP contribution in [0.2, 0.25) is 5.02 Å². The Hall–Kier alpha value is -2.23. The number of rotatable bonds is 7. The highest BCUT2D eigenvalue weighted by Crippen LogP contribution is 2.29. The molecule has 1 aliphatic heterocycles. The zero-order chi connectivity index (χ0) is 20.0. The summed E-state index contributed by atoms with van der Waals surface area (Å²) in [6.45, 7) is 2.21. The van der Waals surface area contributed by atoms with Gasteiger partial charge < -0.3 is 30.9 Å². The van der Waals surface area contributed by atoms with E-state index in [0.717, 1.165) is 0 Å². The lowest BCUT2D eigenvalue weighted by atomic mass is 10.0. The molecule has 1 heterocycles. The van der Waals surface area contributed by atoms with Crippen molar-refractivity contribution >= 4 is 29.3 Å². The van der Waals surface area contributed by atoms with Gasteiger partial charge in [-0.1, -0.05) is 11.6 Å². The van der Waals surface area contributed by atoms with E-state index in [4.69, 9.17) is 31.9 Å². The van der Waals surface area contributed by atoms with E-state index >= 15 is 0 Å². The number of piperidine rings is 1. The Morgan fingerprint density at radius 3 is 2.78 bits per heavy atom. The Bertz CT molecular complexity index is 688. The highest BCUT2D eigenvalue weighted by Gasteiger charge is 2.31. The van der Waals surface area contributed by atoms with Crippen molar-refractivity contribution in [3.63, 3.8) is 0 Å². The second-order valence-electron chi connectivity index (χ2n) is 6.25. The number of hydrogen-bond acceptors (Lipinski definition) is 6. The van der Waals surface area contributed by atoms with Crippen molar-refractivity contribution in [3.05, 3.63) is 22.7 Å². The lowest BCUT2D eigenvalue weighted by molar-refractivity contribution is 0.00685. The van der Waals surface area contributed by atoms with Gasteiger partial charge in [-0.25, -0.2) is 4.79 Å². The maximum atomic E-state index is 12.7. The van der Waals surface area contributed by atoms with Crippen LogP contribution in [0.25, 0.3) is 0 Å². The lowest BCUT2D eigenvalue weighted by Crippen LogP contribution is -2.55. The Kier molecular flexibility index (Phi) is 7.52. The molecule has 1 aromatic carbocycles. The fraction of sp³-hybridized carbons (Fsp3) is 0.529. The fourth-order valence-electron chi connectivity index (χ4n) is 3.07. The quantitative estimate of drug-likeness (QED) is 0.503. The van der Waals surface area contributed by atoms with E-state index in [1.807, 2.05) is 0 Å². The van der Waals surface area contributed by atoms with Gasteiger partial charge >= 0.3 is 6.09 Å². The number of nitrogens with one attached hydrogen (secondary N) is 2. The van der Waals surface area contributed by atoms with E-state index in [1.54, 1.807) is 7.11 Å². The van der Waals surface area contributed by atoms with Gasteiger partial charge in [0.1, 0.15) is 5.75 Å². The Labute approximate surface area is 162 Å². The molecule has 1 aliphatic rings. The second kappa shape index (κ2) is 9.63. The smallest absolute Gasteiger partial charge is 0.404 e. The highest BCUT2D eigenvalue weighted by atomic mass is 35.5. The topological polar surface area (TPSA) is 126 Å². The van der Waals surface area contributed by atoms with Gasteiger partial charge in [0.15, 0.2) is 0 Å². The minimum absolute atomic E-state index is 0.188. The van der Waals surface area contributed by atoms with Crippen molar-refractivity contribution in [2.75, 3.05) is 46.1 Å². The highest BCUT2D eigenvalue weighted by molar-refractivity contribution is 6.33. The van der Waals surface area contributed by atoms with E-state index in [2.05, 4.69) is 15.5 Å². The van der Waals surface area contributed by atoms with Crippen molar-refractivity contribution in [3.8, 4) is 5.75 Å². The summed E-state index contributed by atoms with van der Waals surface area (Å²) >= 11 is 6.04. The van der Waals surface area contributed by atoms with Crippen molar-refractivity contribution in [2.24, 2.45) is 0 Å². The summed E-state index contributed by atoms with van der Waals surface area (Å²) in [6.07, 6.45) is -0.596. The molecule has 27 heavy (non-hydrogen) atoms. The van der Waals surface area contributed by atoms with E-state index in [1.165, 1.54) is 19.2 Å². The van der Waals surface area contributed by atoms with Crippen LogP contribution in [0, 0.1) is 0 Å². The number of benzene rings is 1. The van der Waals surface area contributed by atoms with Gasteiger partial charge in [0, 0.05) is 39.4 Å². The molecule has 2 atom stereocenters. The third kappa shape index (κ3) is 5.62. The molecule has 1 saturated heterocycles. The minimum Gasteiger partial charge on any atom is -0.496 e. The average molecular weight is 401 g/mol. The van der Waals surface area contributed by atoms with Crippen LogP contribution in [0.5, 0.6) is 5.75 Å². The van der Waals surface area contributed by atoms with Crippen LogP contribution >= 0.6 is 11.6 Å². The monoisotopic (exact) mass is 400 g/mol. The first-order valence-corrected chi connectivity index (χ1v) is 8.89. The van der Waals surface area contributed by atoms with Gasteiger partial charge in [0.2, 0.25) is 0 Å². The number of methoxy groups -OCH3 is 2. The van der Waals surface area contributed by atoms with Crippen LogP contribution in [0.3, 0.4) is 0 Å². The molecular weight excluding hydrogens is 376 g/mol. The van der Waals surface area contributed by atoms with Crippen molar-refractivity contribution in [2.45, 2.75) is 18.6 Å². The molecule has 0 radical (unpaired) electrons. The number of likely N-dealkylation sites (tertiary alicyclic amines) is 1. The summed E-state index contributed by atoms with van der Waals surface area (Å²) < 4.78 is 10.8. The summed E-state index contributed by atoms with van der Waals surface area (Å²) in [5, 5.41) is 14.2. The predicted molar refractivity (Wildman–Crippen MR) is 102 cm³/mol. The number of anilines is 1. The van der Waals surface area contributed by atoms with Crippen molar-refractivity contribution in [1.29, 1.82) is 0 Å². The molecule has 0 aromatic heterocycles. The van der Waals surface area contributed by atoms with Gasteiger partial charge in [0.25, 0.3) is 5.91 Å². The van der Waals surface area contributed by atoms with Crippen molar-refractivity contribution < 1.29 is 24.2 Å². The van der Waals surface area contributed by atoms with Gasteiger partial charge in [-0.15, -0.1) is 0 Å². The number of nitrogen functional groups attached to an aromatic ring is 1. The maximum absolute atomic E-state index is 12.7. The SMILES string of the molecule is COc1cc(N)c(Cl)cc1C(=O)N[C@@H]1CCN(CCNC(=O)O)C[C@@H]1OC. The summed E-state index contributed by atoms with van der Waals surface area (Å²) in [5.41, 5.74) is 6.40. The first kappa shape index (κ1) is 21.1. The van der Waals surface area contributed by atoms with Crippen LogP contribution in [0.1, 0.15) is 16.8 Å². The summed E-state index contributed by atoms with van der Waals surface area (Å²) in [7, 11) is 3.05. The molecule has 2 rings (SSSR count). The largest absolute Gasteiger partial charge is 0.496 e. The fourth-order valence-corrected chi connectivity index (χ4v) is 3.23. The number of carboxylic acid groups (broad SMARTS) is 1. The lowest BCUT2D eigenvalue weighted by Gasteiger charge is -2.38. The third-order valence-electron chi connectivity index (χ3n) is 4.53. The summed E-state index contributed by atoms with van der Waals surface area (Å²) in [6, 6.07) is 2.81. The number of amides is 2. The number of nitrogens with zero attached hydrogens (tertiary/aromatic N) is 1. The number of carbonyl (C=O) groups is 2. The number of nitrogens with two attached hydrogens (primary N) is 1. The molecule has 2 amide bonds. The molecule has 0 bridgehead atoms. The molecule has 0 aliphatic carbocycles. The third-order valence-corrected chi connectivity index (χ3v) is 4.86.